The summed E-state index contributed by atoms with van der Waals surface area (Å²) in [4.78, 5) is 22.1. The van der Waals surface area contributed by atoms with Crippen LogP contribution in [0.4, 0.5) is 10.2 Å². The molecule has 9 nitrogen and oxygen atoms in total. The molecule has 5 heterocycles. The second-order valence-electron chi connectivity index (χ2n) is 7.06. The van der Waals surface area contributed by atoms with E-state index in [-0.39, 0.29) is 12.1 Å². The van der Waals surface area contributed by atoms with Crippen LogP contribution < -0.4 is 11.3 Å². The molecule has 5 aromatic rings. The van der Waals surface area contributed by atoms with E-state index in [0.717, 1.165) is 26.9 Å². The number of pyridine rings is 1. The van der Waals surface area contributed by atoms with Crippen LogP contribution in [0.3, 0.4) is 0 Å². The average molecular weight is 424 g/mol. The number of aryl methyl sites for hydroxylation is 2. The molecule has 0 fully saturated rings. The molecule has 30 heavy (non-hydrogen) atoms. The number of thiazole rings is 1. The first-order chi connectivity index (χ1) is 14.4. The summed E-state index contributed by atoms with van der Waals surface area (Å²) in [7, 11) is 1.79. The Bertz CT molecular complexity index is 1480. The Balaban J connectivity index is 1.58. The summed E-state index contributed by atoms with van der Waals surface area (Å²) in [6.07, 6.45) is 3.11. The Kier molecular flexibility index (Phi) is 4.13. The van der Waals surface area contributed by atoms with Gasteiger partial charge in [-0.2, -0.15) is 10.2 Å². The Hall–Kier alpha value is -3.60. The number of H-pyrrole nitrogens is 1. The number of anilines is 1. The number of hydrogen-bond donors (Lipinski definition) is 2. The second-order valence-corrected chi connectivity index (χ2v) is 8.15. The second kappa shape index (κ2) is 6.73. The Morgan fingerprint density at radius 1 is 1.27 bits per heavy atom. The quantitative estimate of drug-likeness (QED) is 0.456. The van der Waals surface area contributed by atoms with Gasteiger partial charge in [0.15, 0.2) is 11.5 Å². The molecule has 152 valence electrons. The van der Waals surface area contributed by atoms with Crippen LogP contribution >= 0.6 is 11.3 Å². The molecule has 0 spiro atoms. The summed E-state index contributed by atoms with van der Waals surface area (Å²) < 4.78 is 17.7. The zero-order chi connectivity index (χ0) is 21.0. The molecule has 0 aromatic carbocycles. The summed E-state index contributed by atoms with van der Waals surface area (Å²) in [5.41, 5.74) is 8.74. The third-order valence-electron chi connectivity index (χ3n) is 5.09. The summed E-state index contributed by atoms with van der Waals surface area (Å²) in [5, 5.41) is 12.1. The van der Waals surface area contributed by atoms with Gasteiger partial charge in [-0.25, -0.2) is 19.0 Å². The number of fused-ring (bicyclic) bond motifs is 3. The van der Waals surface area contributed by atoms with Crippen LogP contribution in [0.1, 0.15) is 22.0 Å². The van der Waals surface area contributed by atoms with E-state index in [4.69, 9.17) is 5.73 Å². The van der Waals surface area contributed by atoms with Gasteiger partial charge in [-0.1, -0.05) is 6.07 Å². The molecular formula is C19H17FN8OS. The molecule has 0 amide bonds. The van der Waals surface area contributed by atoms with E-state index in [9.17, 15) is 9.18 Å². The molecule has 0 aliphatic carbocycles. The van der Waals surface area contributed by atoms with Crippen LogP contribution in [-0.4, -0.2) is 34.5 Å². The third-order valence-corrected chi connectivity index (χ3v) is 6.16. The van der Waals surface area contributed by atoms with Crippen molar-refractivity contribution in [2.45, 2.75) is 19.9 Å². The molecule has 0 bridgehead atoms. The predicted molar refractivity (Wildman–Crippen MR) is 112 cm³/mol. The normalized spacial score (nSPS) is 11.7. The Morgan fingerprint density at radius 3 is 2.87 bits per heavy atom. The zero-order valence-corrected chi connectivity index (χ0v) is 17.0. The number of aromatic nitrogens is 7. The maximum atomic E-state index is 13.7. The minimum atomic E-state index is -0.394. The fourth-order valence-corrected chi connectivity index (χ4v) is 4.60. The average Bonchev–Trinajstić information content (AvgIpc) is 3.38. The molecule has 11 heteroatoms. The molecule has 3 N–H and O–H groups in total. The van der Waals surface area contributed by atoms with Crippen LogP contribution in [0.25, 0.3) is 21.3 Å². The Labute approximate surface area is 173 Å². The lowest BCUT2D eigenvalue weighted by molar-refractivity contribution is 0.614. The fourth-order valence-electron chi connectivity index (χ4n) is 3.48. The molecule has 5 aromatic heterocycles. The van der Waals surface area contributed by atoms with E-state index in [0.29, 0.717) is 34.8 Å². The van der Waals surface area contributed by atoms with Crippen LogP contribution in [0.15, 0.2) is 29.3 Å². The van der Waals surface area contributed by atoms with Crippen molar-refractivity contribution in [3.05, 3.63) is 62.7 Å². The monoisotopic (exact) mass is 424 g/mol. The van der Waals surface area contributed by atoms with Crippen LogP contribution in [0, 0.1) is 12.7 Å². The maximum absolute atomic E-state index is 13.7. The molecule has 0 radical (unpaired) electrons. The highest BCUT2D eigenvalue weighted by Crippen LogP contribution is 2.31. The minimum absolute atomic E-state index is 0.224. The number of hydrogen-bond acceptors (Lipinski definition) is 7. The van der Waals surface area contributed by atoms with Gasteiger partial charge in [0.25, 0.3) is 5.56 Å². The first kappa shape index (κ1) is 18.4. The standard InChI is InChI=1S/C19H17FN8OS/c1-9-3-4-14(21)24-13(9)8-28-19(29)16-10(6-23-28)17-18(27(16)2)25-15(30-17)5-12-11(20)7-22-26-12/h3-4,6-7H,5,8H2,1-2H3,(H2,21,24)(H,22,26). The van der Waals surface area contributed by atoms with Gasteiger partial charge in [-0.15, -0.1) is 11.3 Å². The Morgan fingerprint density at radius 2 is 2.10 bits per heavy atom. The lowest BCUT2D eigenvalue weighted by atomic mass is 10.2. The van der Waals surface area contributed by atoms with Gasteiger partial charge in [0.2, 0.25) is 0 Å². The topological polar surface area (TPSA) is 120 Å². The van der Waals surface area contributed by atoms with Crippen molar-refractivity contribution in [2.24, 2.45) is 7.05 Å². The molecule has 0 aliphatic heterocycles. The molecule has 0 aliphatic rings. The van der Waals surface area contributed by atoms with Gasteiger partial charge in [0.05, 0.1) is 35.0 Å². The van der Waals surface area contributed by atoms with Crippen LogP contribution in [0.2, 0.25) is 0 Å². The summed E-state index contributed by atoms with van der Waals surface area (Å²) in [5.74, 6) is 0.00339. The minimum Gasteiger partial charge on any atom is -0.384 e. The third kappa shape index (κ3) is 2.86. The van der Waals surface area contributed by atoms with Crippen molar-refractivity contribution in [3.8, 4) is 0 Å². The maximum Gasteiger partial charge on any atom is 0.291 e. The van der Waals surface area contributed by atoms with Crippen LogP contribution in [0.5, 0.6) is 0 Å². The fraction of sp³-hybridized carbons (Fsp3) is 0.211. The van der Waals surface area contributed by atoms with Gasteiger partial charge >= 0.3 is 0 Å². The molecule has 0 atom stereocenters. The van der Waals surface area contributed by atoms with Gasteiger partial charge in [-0.3, -0.25) is 9.89 Å². The number of nitrogens with one attached hydrogen (secondary N) is 1. The number of nitrogen functional groups attached to an aromatic ring is 1. The van der Waals surface area contributed by atoms with E-state index in [1.165, 1.54) is 16.0 Å². The van der Waals surface area contributed by atoms with Gasteiger partial charge in [0, 0.05) is 18.9 Å². The molecule has 5 rings (SSSR count). The first-order valence-corrected chi connectivity index (χ1v) is 9.97. The summed E-state index contributed by atoms with van der Waals surface area (Å²) >= 11 is 1.41. The zero-order valence-electron chi connectivity index (χ0n) is 16.2. The highest BCUT2D eigenvalue weighted by molar-refractivity contribution is 7.19. The van der Waals surface area contributed by atoms with Crippen LogP contribution in [-0.2, 0) is 20.0 Å². The van der Waals surface area contributed by atoms with Crippen molar-refractivity contribution in [1.82, 2.24) is 34.5 Å². The molecule has 0 saturated heterocycles. The first-order valence-electron chi connectivity index (χ1n) is 9.16. The van der Waals surface area contributed by atoms with E-state index in [1.807, 2.05) is 13.0 Å². The largest absolute Gasteiger partial charge is 0.384 e. The van der Waals surface area contributed by atoms with E-state index >= 15 is 0 Å². The highest BCUT2D eigenvalue weighted by atomic mass is 32.1. The molecule has 0 unspecified atom stereocenters. The number of nitrogens with zero attached hydrogens (tertiary/aromatic N) is 6. The number of nitrogens with two attached hydrogens (primary N) is 1. The molecular weight excluding hydrogens is 407 g/mol. The van der Waals surface area contributed by atoms with Crippen molar-refractivity contribution >= 4 is 38.4 Å². The van der Waals surface area contributed by atoms with Gasteiger partial charge in [0.1, 0.15) is 16.3 Å². The number of aromatic amines is 1. The molecule has 0 saturated carbocycles. The van der Waals surface area contributed by atoms with E-state index < -0.39 is 5.82 Å². The SMILES string of the molecule is Cc1ccc(N)nc1Cn1ncc2c3sc(Cc4[nH]ncc4F)nc3n(C)c2c1=O. The predicted octanol–water partition coefficient (Wildman–Crippen LogP) is 2.13. The number of rotatable bonds is 4. The smallest absolute Gasteiger partial charge is 0.291 e. The summed E-state index contributed by atoms with van der Waals surface area (Å²) in [6, 6.07) is 3.59. The van der Waals surface area contributed by atoms with Gasteiger partial charge in [-0.05, 0) is 18.6 Å². The van der Waals surface area contributed by atoms with Crippen molar-refractivity contribution in [1.29, 1.82) is 0 Å². The highest BCUT2D eigenvalue weighted by Gasteiger charge is 2.19. The van der Waals surface area contributed by atoms with Crippen molar-refractivity contribution < 1.29 is 4.39 Å². The lowest BCUT2D eigenvalue weighted by Gasteiger charge is -2.08. The van der Waals surface area contributed by atoms with E-state index in [1.54, 1.807) is 23.9 Å². The summed E-state index contributed by atoms with van der Waals surface area (Å²) in [6.45, 7) is 2.14. The van der Waals surface area contributed by atoms with Gasteiger partial charge < -0.3 is 10.3 Å². The van der Waals surface area contributed by atoms with Crippen molar-refractivity contribution in [3.63, 3.8) is 0 Å². The lowest BCUT2D eigenvalue weighted by Crippen LogP contribution is -2.25. The number of halogens is 1. The van der Waals surface area contributed by atoms with Crippen molar-refractivity contribution in [2.75, 3.05) is 5.73 Å². The van der Waals surface area contributed by atoms with E-state index in [2.05, 4.69) is 25.3 Å².